The Morgan fingerprint density at radius 3 is 2.74 bits per heavy atom. The first-order valence-electron chi connectivity index (χ1n) is 8.60. The van der Waals surface area contributed by atoms with Crippen LogP contribution < -0.4 is 5.32 Å². The van der Waals surface area contributed by atoms with E-state index in [2.05, 4.69) is 10.4 Å². The van der Waals surface area contributed by atoms with Crippen LogP contribution in [-0.4, -0.2) is 37.3 Å². The Morgan fingerprint density at radius 2 is 2.11 bits per heavy atom. The Labute approximate surface area is 161 Å². The Kier molecular flexibility index (Phi) is 5.01. The highest BCUT2D eigenvalue weighted by atomic mass is 32.1. The molecule has 0 saturated heterocycles. The van der Waals surface area contributed by atoms with Crippen molar-refractivity contribution in [3.05, 3.63) is 34.8 Å². The molecule has 0 radical (unpaired) electrons. The highest BCUT2D eigenvalue weighted by molar-refractivity contribution is 7.13. The lowest BCUT2D eigenvalue weighted by Crippen LogP contribution is -2.43. The van der Waals surface area contributed by atoms with Crippen molar-refractivity contribution in [2.75, 3.05) is 0 Å². The minimum atomic E-state index is -0.883. The number of carbonyl (C=O) groups is 2. The molecule has 3 heterocycles. The number of carboxylic acid groups (broad SMARTS) is 1. The van der Waals surface area contributed by atoms with Crippen molar-refractivity contribution in [2.45, 2.75) is 39.2 Å². The highest BCUT2D eigenvalue weighted by Crippen LogP contribution is 2.29. The lowest BCUT2D eigenvalue weighted by molar-refractivity contribution is -0.137. The summed E-state index contributed by atoms with van der Waals surface area (Å²) in [6.45, 7) is 5.49. The second-order valence-electron chi connectivity index (χ2n) is 7.17. The number of carbonyl (C=O) groups excluding carboxylic acids is 1. The van der Waals surface area contributed by atoms with Crippen LogP contribution in [-0.2, 0) is 11.8 Å². The zero-order valence-corrected chi connectivity index (χ0v) is 16.6. The normalized spacial score (nSPS) is 11.7. The second kappa shape index (κ2) is 7.11. The van der Waals surface area contributed by atoms with Crippen LogP contribution in [0.15, 0.2) is 23.6 Å². The molecule has 0 aliphatic rings. The summed E-state index contributed by atoms with van der Waals surface area (Å²) in [6.07, 6.45) is 0.331. The molecule has 7 nitrogen and oxygen atoms in total. The summed E-state index contributed by atoms with van der Waals surface area (Å²) >= 11 is 1.55. The number of nitrogens with one attached hydrogen (secondary N) is 1. The van der Waals surface area contributed by atoms with Gasteiger partial charge in [0.15, 0.2) is 5.65 Å². The van der Waals surface area contributed by atoms with E-state index >= 15 is 0 Å². The quantitative estimate of drug-likeness (QED) is 0.677. The Hall–Kier alpha value is -2.74. The predicted molar refractivity (Wildman–Crippen MR) is 105 cm³/mol. The molecule has 3 rings (SSSR count). The molecule has 0 bridgehead atoms. The van der Waals surface area contributed by atoms with Gasteiger partial charge in [-0.3, -0.25) is 14.3 Å². The minimum absolute atomic E-state index is 0.00853. The summed E-state index contributed by atoms with van der Waals surface area (Å²) in [5, 5.41) is 19.0. The first kappa shape index (κ1) is 19.0. The van der Waals surface area contributed by atoms with Gasteiger partial charge >= 0.3 is 5.97 Å². The van der Waals surface area contributed by atoms with Crippen LogP contribution in [0.1, 0.15) is 42.7 Å². The van der Waals surface area contributed by atoms with Gasteiger partial charge in [-0.1, -0.05) is 6.07 Å². The molecule has 2 N–H and O–H groups in total. The van der Waals surface area contributed by atoms with Crippen LogP contribution in [0.5, 0.6) is 0 Å². The number of carboxylic acids is 1. The van der Waals surface area contributed by atoms with Gasteiger partial charge < -0.3 is 10.4 Å². The lowest BCUT2D eigenvalue weighted by atomic mass is 9.97. The van der Waals surface area contributed by atoms with Crippen molar-refractivity contribution < 1.29 is 14.7 Å². The summed E-state index contributed by atoms with van der Waals surface area (Å²) in [5.74, 6) is -1.14. The molecule has 142 valence electrons. The first-order valence-corrected chi connectivity index (χ1v) is 9.48. The number of rotatable bonds is 6. The molecule has 3 aromatic heterocycles. The zero-order valence-electron chi connectivity index (χ0n) is 15.7. The molecule has 0 aliphatic heterocycles. The Balaban J connectivity index is 2.04. The maximum atomic E-state index is 13.1. The van der Waals surface area contributed by atoms with Crippen LogP contribution in [0.25, 0.3) is 21.6 Å². The van der Waals surface area contributed by atoms with Crippen molar-refractivity contribution >= 4 is 34.2 Å². The fourth-order valence-corrected chi connectivity index (χ4v) is 3.72. The number of nitrogens with zero attached hydrogens (tertiary/aromatic N) is 3. The molecule has 0 spiro atoms. The van der Waals surface area contributed by atoms with E-state index in [0.717, 1.165) is 10.6 Å². The van der Waals surface area contributed by atoms with E-state index in [9.17, 15) is 9.59 Å². The van der Waals surface area contributed by atoms with Crippen molar-refractivity contribution in [1.29, 1.82) is 0 Å². The van der Waals surface area contributed by atoms with E-state index in [1.807, 2.05) is 38.3 Å². The number of aryl methyl sites for hydroxylation is 2. The van der Waals surface area contributed by atoms with Gasteiger partial charge in [-0.15, -0.1) is 11.3 Å². The SMILES string of the molecule is Cc1nn(C)c2nc(-c3cccs3)cc(C(=O)NC(C)(C)CCC(=O)O)c12. The summed E-state index contributed by atoms with van der Waals surface area (Å²) in [7, 11) is 1.80. The van der Waals surface area contributed by atoms with Gasteiger partial charge in [-0.05, 0) is 44.7 Å². The number of fused-ring (bicyclic) bond motifs is 1. The lowest BCUT2D eigenvalue weighted by Gasteiger charge is -2.26. The predicted octanol–water partition coefficient (Wildman–Crippen LogP) is 3.38. The zero-order chi connectivity index (χ0) is 19.8. The molecule has 0 aliphatic carbocycles. The average Bonchev–Trinajstić information content (AvgIpc) is 3.21. The third-order valence-corrected chi connectivity index (χ3v) is 5.30. The average molecular weight is 386 g/mol. The van der Waals surface area contributed by atoms with Gasteiger partial charge in [-0.25, -0.2) is 4.98 Å². The van der Waals surface area contributed by atoms with Crippen LogP contribution in [0.2, 0.25) is 0 Å². The highest BCUT2D eigenvalue weighted by Gasteiger charge is 2.25. The molecular weight excluding hydrogens is 364 g/mol. The van der Waals surface area contributed by atoms with Gasteiger partial charge in [0.1, 0.15) is 0 Å². The third-order valence-electron chi connectivity index (χ3n) is 4.40. The summed E-state index contributed by atoms with van der Waals surface area (Å²) in [6, 6.07) is 5.68. The first-order chi connectivity index (χ1) is 12.7. The molecule has 0 fully saturated rings. The molecule has 0 saturated carbocycles. The topological polar surface area (TPSA) is 97.1 Å². The van der Waals surface area contributed by atoms with Crippen molar-refractivity contribution in [2.24, 2.45) is 7.05 Å². The monoisotopic (exact) mass is 386 g/mol. The number of thiophene rings is 1. The second-order valence-corrected chi connectivity index (χ2v) is 8.12. The number of pyridine rings is 1. The largest absolute Gasteiger partial charge is 0.481 e. The van der Waals surface area contributed by atoms with Gasteiger partial charge in [0.25, 0.3) is 5.91 Å². The Bertz CT molecular complexity index is 1010. The minimum Gasteiger partial charge on any atom is -0.481 e. The molecule has 27 heavy (non-hydrogen) atoms. The fourth-order valence-electron chi connectivity index (χ4n) is 3.03. The molecule has 3 aromatic rings. The summed E-state index contributed by atoms with van der Waals surface area (Å²) < 4.78 is 1.67. The smallest absolute Gasteiger partial charge is 0.303 e. The molecule has 0 atom stereocenters. The maximum Gasteiger partial charge on any atom is 0.303 e. The van der Waals surface area contributed by atoms with E-state index in [-0.39, 0.29) is 12.3 Å². The molecule has 0 aromatic carbocycles. The van der Waals surface area contributed by atoms with Crippen LogP contribution in [0.4, 0.5) is 0 Å². The molecule has 8 heteroatoms. The molecule has 1 amide bonds. The van der Waals surface area contributed by atoms with Crippen molar-refractivity contribution in [1.82, 2.24) is 20.1 Å². The van der Waals surface area contributed by atoms with Gasteiger partial charge in [0.2, 0.25) is 0 Å². The van der Waals surface area contributed by atoms with E-state index < -0.39 is 11.5 Å². The van der Waals surface area contributed by atoms with E-state index in [1.54, 1.807) is 29.1 Å². The number of aromatic nitrogens is 3. The fraction of sp³-hybridized carbons (Fsp3) is 0.368. The van der Waals surface area contributed by atoms with Crippen LogP contribution in [0.3, 0.4) is 0 Å². The van der Waals surface area contributed by atoms with Gasteiger partial charge in [-0.2, -0.15) is 5.10 Å². The Morgan fingerprint density at radius 1 is 1.37 bits per heavy atom. The van der Waals surface area contributed by atoms with Crippen molar-refractivity contribution in [3.63, 3.8) is 0 Å². The van der Waals surface area contributed by atoms with Crippen LogP contribution in [0, 0.1) is 6.92 Å². The number of amides is 1. The van der Waals surface area contributed by atoms with Crippen molar-refractivity contribution in [3.8, 4) is 10.6 Å². The van der Waals surface area contributed by atoms with E-state index in [1.165, 1.54) is 0 Å². The van der Waals surface area contributed by atoms with E-state index in [0.29, 0.717) is 28.7 Å². The van der Waals surface area contributed by atoms with Gasteiger partial charge in [0.05, 0.1) is 27.2 Å². The van der Waals surface area contributed by atoms with Crippen LogP contribution >= 0.6 is 11.3 Å². The number of aliphatic carboxylic acids is 1. The standard InChI is InChI=1S/C19H22N4O3S/c1-11-16-12(18(26)21-19(2,3)8-7-15(24)25)10-13(14-6-5-9-27-14)20-17(16)23(4)22-11/h5-6,9-10H,7-8H2,1-4H3,(H,21,26)(H,24,25). The summed E-state index contributed by atoms with van der Waals surface area (Å²) in [4.78, 5) is 29.6. The maximum absolute atomic E-state index is 13.1. The van der Waals surface area contributed by atoms with Gasteiger partial charge in [0, 0.05) is 19.0 Å². The van der Waals surface area contributed by atoms with E-state index in [4.69, 9.17) is 10.1 Å². The summed E-state index contributed by atoms with van der Waals surface area (Å²) in [5.41, 5.74) is 1.94. The molecular formula is C19H22N4O3S. The number of hydrogen-bond acceptors (Lipinski definition) is 5. The number of hydrogen-bond donors (Lipinski definition) is 2. The third kappa shape index (κ3) is 4.00. The molecule has 0 unspecified atom stereocenters.